The van der Waals surface area contributed by atoms with Crippen molar-refractivity contribution >= 4 is 17.1 Å². The Morgan fingerprint density at radius 1 is 1.43 bits per heavy atom. The molecule has 0 amide bonds. The molecule has 0 aliphatic rings. The Morgan fingerprint density at radius 3 is 2.64 bits per heavy atom. The number of hydrogen-bond acceptors (Lipinski definition) is 2. The zero-order valence-corrected chi connectivity index (χ0v) is 9.93. The first kappa shape index (κ1) is 11.4. The molecule has 0 saturated heterocycles. The second-order valence-electron chi connectivity index (χ2n) is 4.13. The van der Waals surface area contributed by atoms with Crippen molar-refractivity contribution in [1.82, 2.24) is 0 Å². The van der Waals surface area contributed by atoms with Crippen molar-refractivity contribution in [2.24, 2.45) is 11.8 Å². The molecule has 1 aromatic rings. The summed E-state index contributed by atoms with van der Waals surface area (Å²) in [4.78, 5) is 11.7. The highest BCUT2D eigenvalue weighted by molar-refractivity contribution is 7.07. The van der Waals surface area contributed by atoms with Gasteiger partial charge in [-0.3, -0.25) is 4.79 Å². The molecule has 1 atom stereocenters. The quantitative estimate of drug-likeness (QED) is 0.726. The third-order valence-corrected chi connectivity index (χ3v) is 3.48. The van der Waals surface area contributed by atoms with E-state index in [4.69, 9.17) is 0 Å². The van der Waals surface area contributed by atoms with Gasteiger partial charge < -0.3 is 0 Å². The van der Waals surface area contributed by atoms with Crippen LogP contribution in [0.5, 0.6) is 0 Å². The summed E-state index contributed by atoms with van der Waals surface area (Å²) in [5.74, 6) is 1.06. The van der Waals surface area contributed by atoms with Gasteiger partial charge in [0.2, 0.25) is 0 Å². The maximum atomic E-state index is 11.7. The second kappa shape index (κ2) is 5.30. The molecule has 14 heavy (non-hydrogen) atoms. The van der Waals surface area contributed by atoms with Gasteiger partial charge in [0.25, 0.3) is 0 Å². The highest BCUT2D eigenvalue weighted by atomic mass is 32.1. The van der Waals surface area contributed by atoms with Crippen LogP contribution < -0.4 is 0 Å². The van der Waals surface area contributed by atoms with E-state index in [2.05, 4.69) is 30.7 Å². The van der Waals surface area contributed by atoms with E-state index in [1.165, 1.54) is 5.56 Å². The molecule has 0 fully saturated rings. The molecule has 1 heterocycles. The molecule has 78 valence electrons. The van der Waals surface area contributed by atoms with E-state index in [0.717, 1.165) is 6.42 Å². The summed E-state index contributed by atoms with van der Waals surface area (Å²) < 4.78 is 0. The standard InChI is InChI=1S/C12H18OS/c1-9(2)10(3)12(13)5-4-11-6-7-14-8-11/h6-10H,4-5H2,1-3H3. The van der Waals surface area contributed by atoms with Crippen LogP contribution in [0.25, 0.3) is 0 Å². The lowest BCUT2D eigenvalue weighted by Gasteiger charge is -2.13. The molecule has 0 aliphatic carbocycles. The predicted octanol–water partition coefficient (Wildman–Crippen LogP) is 3.54. The van der Waals surface area contributed by atoms with Crippen molar-refractivity contribution in [2.45, 2.75) is 33.6 Å². The monoisotopic (exact) mass is 210 g/mol. The molecule has 0 bridgehead atoms. The minimum absolute atomic E-state index is 0.202. The Balaban J connectivity index is 2.35. The normalized spacial score (nSPS) is 13.1. The molecule has 0 aromatic carbocycles. The smallest absolute Gasteiger partial charge is 0.136 e. The molecule has 0 radical (unpaired) electrons. The lowest BCUT2D eigenvalue weighted by atomic mass is 9.91. The van der Waals surface area contributed by atoms with Crippen molar-refractivity contribution < 1.29 is 4.79 Å². The summed E-state index contributed by atoms with van der Waals surface area (Å²) in [5, 5.41) is 4.18. The topological polar surface area (TPSA) is 17.1 Å². The van der Waals surface area contributed by atoms with E-state index in [-0.39, 0.29) is 5.92 Å². The molecule has 0 N–H and O–H groups in total. The summed E-state index contributed by atoms with van der Waals surface area (Å²) in [5.41, 5.74) is 1.29. The molecule has 2 heteroatoms. The number of aryl methyl sites for hydroxylation is 1. The fourth-order valence-electron chi connectivity index (χ4n) is 1.30. The van der Waals surface area contributed by atoms with Gasteiger partial charge in [-0.15, -0.1) is 0 Å². The van der Waals surface area contributed by atoms with E-state index < -0.39 is 0 Å². The van der Waals surface area contributed by atoms with Crippen molar-refractivity contribution in [3.05, 3.63) is 22.4 Å². The summed E-state index contributed by atoms with van der Waals surface area (Å²) in [6.45, 7) is 6.24. The number of ketones is 1. The van der Waals surface area contributed by atoms with Crippen LogP contribution >= 0.6 is 11.3 Å². The van der Waals surface area contributed by atoms with Crippen LogP contribution in [0.3, 0.4) is 0 Å². The fourth-order valence-corrected chi connectivity index (χ4v) is 2.01. The highest BCUT2D eigenvalue weighted by Gasteiger charge is 2.15. The van der Waals surface area contributed by atoms with Gasteiger partial charge in [0.1, 0.15) is 5.78 Å². The van der Waals surface area contributed by atoms with Gasteiger partial charge in [0, 0.05) is 12.3 Å². The maximum Gasteiger partial charge on any atom is 0.136 e. The third-order valence-electron chi connectivity index (χ3n) is 2.75. The highest BCUT2D eigenvalue weighted by Crippen LogP contribution is 2.15. The number of Topliss-reactive ketones (excluding diaryl/α,β-unsaturated/α-hetero) is 1. The molecular weight excluding hydrogens is 192 g/mol. The van der Waals surface area contributed by atoms with E-state index in [9.17, 15) is 4.79 Å². The lowest BCUT2D eigenvalue weighted by Crippen LogP contribution is -2.17. The van der Waals surface area contributed by atoms with Crippen molar-refractivity contribution in [1.29, 1.82) is 0 Å². The zero-order chi connectivity index (χ0) is 10.6. The molecule has 1 rings (SSSR count). The average Bonchev–Trinajstić information content (AvgIpc) is 2.65. The minimum atomic E-state index is 0.202. The number of carbonyl (C=O) groups is 1. The molecule has 0 aliphatic heterocycles. The van der Waals surface area contributed by atoms with Gasteiger partial charge in [-0.1, -0.05) is 20.8 Å². The number of thiophene rings is 1. The zero-order valence-electron chi connectivity index (χ0n) is 9.12. The summed E-state index contributed by atoms with van der Waals surface area (Å²) in [7, 11) is 0. The second-order valence-corrected chi connectivity index (χ2v) is 4.91. The van der Waals surface area contributed by atoms with E-state index >= 15 is 0 Å². The molecule has 1 aromatic heterocycles. The van der Waals surface area contributed by atoms with Gasteiger partial charge in [-0.05, 0) is 34.7 Å². The van der Waals surface area contributed by atoms with Crippen LogP contribution in [0.2, 0.25) is 0 Å². The minimum Gasteiger partial charge on any atom is -0.299 e. The SMILES string of the molecule is CC(C)C(C)C(=O)CCc1ccsc1. The largest absolute Gasteiger partial charge is 0.299 e. The fraction of sp³-hybridized carbons (Fsp3) is 0.583. The molecule has 1 nitrogen and oxygen atoms in total. The van der Waals surface area contributed by atoms with Crippen LogP contribution in [0.1, 0.15) is 32.8 Å². The molecule has 0 saturated carbocycles. The van der Waals surface area contributed by atoms with Crippen LogP contribution in [0.15, 0.2) is 16.8 Å². The van der Waals surface area contributed by atoms with Gasteiger partial charge in [-0.2, -0.15) is 11.3 Å². The van der Waals surface area contributed by atoms with Crippen molar-refractivity contribution in [2.75, 3.05) is 0 Å². The summed E-state index contributed by atoms with van der Waals surface area (Å²) in [6, 6.07) is 2.10. The predicted molar refractivity (Wildman–Crippen MR) is 61.6 cm³/mol. The number of rotatable bonds is 5. The average molecular weight is 210 g/mol. The van der Waals surface area contributed by atoms with Gasteiger partial charge in [0.05, 0.1) is 0 Å². The van der Waals surface area contributed by atoms with Crippen LogP contribution in [0.4, 0.5) is 0 Å². The number of hydrogen-bond donors (Lipinski definition) is 0. The number of carbonyl (C=O) groups excluding carboxylic acids is 1. The molecule has 1 unspecified atom stereocenters. The van der Waals surface area contributed by atoms with E-state index in [0.29, 0.717) is 18.1 Å². The Bertz CT molecular complexity index is 275. The first-order chi connectivity index (χ1) is 6.61. The Labute approximate surface area is 90.2 Å². The lowest BCUT2D eigenvalue weighted by molar-refractivity contribution is -0.123. The Kier molecular flexibility index (Phi) is 4.33. The summed E-state index contributed by atoms with van der Waals surface area (Å²) in [6.07, 6.45) is 1.59. The first-order valence-electron chi connectivity index (χ1n) is 5.15. The van der Waals surface area contributed by atoms with Crippen molar-refractivity contribution in [3.8, 4) is 0 Å². The molecule has 0 spiro atoms. The third kappa shape index (κ3) is 3.26. The first-order valence-corrected chi connectivity index (χ1v) is 6.09. The van der Waals surface area contributed by atoms with E-state index in [1.54, 1.807) is 11.3 Å². The van der Waals surface area contributed by atoms with Crippen LogP contribution in [-0.2, 0) is 11.2 Å². The molecular formula is C12H18OS. The summed E-state index contributed by atoms with van der Waals surface area (Å²) >= 11 is 1.69. The Morgan fingerprint density at radius 2 is 2.14 bits per heavy atom. The van der Waals surface area contributed by atoms with Crippen LogP contribution in [0, 0.1) is 11.8 Å². The maximum absolute atomic E-state index is 11.7. The Hall–Kier alpha value is -0.630. The van der Waals surface area contributed by atoms with Crippen LogP contribution in [-0.4, -0.2) is 5.78 Å². The van der Waals surface area contributed by atoms with E-state index in [1.807, 2.05) is 6.92 Å². The van der Waals surface area contributed by atoms with Crippen molar-refractivity contribution in [3.63, 3.8) is 0 Å². The van der Waals surface area contributed by atoms with Gasteiger partial charge >= 0.3 is 0 Å². The van der Waals surface area contributed by atoms with Gasteiger partial charge in [0.15, 0.2) is 0 Å². The van der Waals surface area contributed by atoms with Gasteiger partial charge in [-0.25, -0.2) is 0 Å².